The third-order valence-electron chi connectivity index (χ3n) is 4.72. The zero-order chi connectivity index (χ0) is 18.0. The van der Waals surface area contributed by atoms with Crippen LogP contribution in [-0.2, 0) is 17.0 Å². The van der Waals surface area contributed by atoms with Crippen molar-refractivity contribution in [2.45, 2.75) is 31.4 Å². The van der Waals surface area contributed by atoms with E-state index in [4.69, 9.17) is 0 Å². The van der Waals surface area contributed by atoms with Crippen molar-refractivity contribution in [1.29, 1.82) is 0 Å². The van der Waals surface area contributed by atoms with E-state index in [1.54, 1.807) is 0 Å². The first kappa shape index (κ1) is 18.8. The second-order valence-corrected chi connectivity index (χ2v) is 7.82. The quantitative estimate of drug-likeness (QED) is 0.671. The van der Waals surface area contributed by atoms with E-state index in [-0.39, 0.29) is 5.91 Å². The second kappa shape index (κ2) is 10.3. The number of hydrogen-bond acceptors (Lipinski definition) is 3. The maximum absolute atomic E-state index is 12.0. The number of carbonyl (C=O) groups is 1. The molecule has 1 N–H and O–H groups in total. The van der Waals surface area contributed by atoms with Gasteiger partial charge in [0.15, 0.2) is 0 Å². The molecule has 0 radical (unpaired) electrons. The number of hydrogen-bond donors (Lipinski definition) is 1. The van der Waals surface area contributed by atoms with Crippen molar-refractivity contribution in [1.82, 2.24) is 5.32 Å². The summed E-state index contributed by atoms with van der Waals surface area (Å²) in [6, 6.07) is 19.1. The molecule has 0 unspecified atom stereocenters. The van der Waals surface area contributed by atoms with Gasteiger partial charge in [-0.25, -0.2) is 0 Å². The van der Waals surface area contributed by atoms with Gasteiger partial charge in [-0.15, -0.1) is 0 Å². The summed E-state index contributed by atoms with van der Waals surface area (Å²) >= 11 is 1.82. The Balaban J connectivity index is 1.28. The summed E-state index contributed by atoms with van der Waals surface area (Å²) in [7, 11) is 0. The van der Waals surface area contributed by atoms with Crippen molar-refractivity contribution in [3.63, 3.8) is 0 Å². The fourth-order valence-electron chi connectivity index (χ4n) is 3.36. The van der Waals surface area contributed by atoms with Crippen LogP contribution in [0.3, 0.4) is 0 Å². The summed E-state index contributed by atoms with van der Waals surface area (Å²) in [5, 5.41) is 3.07. The topological polar surface area (TPSA) is 32.3 Å². The lowest BCUT2D eigenvalue weighted by atomic mass is 10.0. The van der Waals surface area contributed by atoms with Crippen LogP contribution in [0.25, 0.3) is 0 Å². The number of para-hydroxylation sites is 1. The van der Waals surface area contributed by atoms with Crippen molar-refractivity contribution in [3.05, 3.63) is 65.7 Å². The van der Waals surface area contributed by atoms with Crippen LogP contribution < -0.4 is 10.2 Å². The standard InChI is InChI=1S/C22H28N2OS/c25-22(13-17-26-18-19-8-2-1-3-9-19)23-14-7-16-24-15-6-11-20-10-4-5-12-21(20)24/h1-5,8-10,12H,6-7,11,13-18H2,(H,23,25). The number of anilines is 1. The number of rotatable bonds is 9. The first-order valence-electron chi connectivity index (χ1n) is 9.54. The minimum Gasteiger partial charge on any atom is -0.371 e. The highest BCUT2D eigenvalue weighted by Crippen LogP contribution is 2.26. The number of amides is 1. The van der Waals surface area contributed by atoms with Gasteiger partial charge in [-0.2, -0.15) is 11.8 Å². The van der Waals surface area contributed by atoms with Crippen molar-refractivity contribution in [2.75, 3.05) is 30.3 Å². The molecule has 3 rings (SSSR count). The Morgan fingerprint density at radius 1 is 1.08 bits per heavy atom. The predicted molar refractivity (Wildman–Crippen MR) is 112 cm³/mol. The smallest absolute Gasteiger partial charge is 0.220 e. The van der Waals surface area contributed by atoms with Gasteiger partial charge >= 0.3 is 0 Å². The summed E-state index contributed by atoms with van der Waals surface area (Å²) in [6.45, 7) is 2.90. The van der Waals surface area contributed by atoms with E-state index in [1.807, 2.05) is 17.8 Å². The van der Waals surface area contributed by atoms with Gasteiger partial charge < -0.3 is 10.2 Å². The molecule has 3 nitrogen and oxygen atoms in total. The lowest BCUT2D eigenvalue weighted by Gasteiger charge is -2.31. The van der Waals surface area contributed by atoms with Crippen molar-refractivity contribution in [2.24, 2.45) is 0 Å². The minimum absolute atomic E-state index is 0.171. The number of aryl methyl sites for hydroxylation is 1. The van der Waals surface area contributed by atoms with Crippen molar-refractivity contribution >= 4 is 23.4 Å². The lowest BCUT2D eigenvalue weighted by Crippen LogP contribution is -2.33. The molecule has 4 heteroatoms. The van der Waals surface area contributed by atoms with E-state index in [0.717, 1.165) is 37.6 Å². The van der Waals surface area contributed by atoms with Gasteiger partial charge in [0, 0.05) is 43.2 Å². The van der Waals surface area contributed by atoms with Crippen LogP contribution >= 0.6 is 11.8 Å². The van der Waals surface area contributed by atoms with Gasteiger partial charge in [0.1, 0.15) is 0 Å². The molecule has 0 spiro atoms. The first-order chi connectivity index (χ1) is 12.8. The highest BCUT2D eigenvalue weighted by Gasteiger charge is 2.15. The molecule has 0 saturated carbocycles. The van der Waals surface area contributed by atoms with Crippen LogP contribution in [0, 0.1) is 0 Å². The van der Waals surface area contributed by atoms with Crippen LogP contribution in [0.5, 0.6) is 0 Å². The third-order valence-corrected chi connectivity index (χ3v) is 5.75. The Kier molecular flexibility index (Phi) is 7.44. The average Bonchev–Trinajstić information content (AvgIpc) is 2.69. The number of thioether (sulfide) groups is 1. The number of nitrogens with zero attached hydrogens (tertiary/aromatic N) is 1. The maximum Gasteiger partial charge on any atom is 0.220 e. The molecule has 0 fully saturated rings. The molecule has 1 amide bonds. The Morgan fingerprint density at radius 3 is 2.77 bits per heavy atom. The van der Waals surface area contributed by atoms with Crippen LogP contribution in [0.1, 0.15) is 30.4 Å². The SMILES string of the molecule is O=C(CCSCc1ccccc1)NCCCN1CCCc2ccccc21. The number of carbonyl (C=O) groups excluding carboxylic acids is 1. The van der Waals surface area contributed by atoms with E-state index in [0.29, 0.717) is 6.42 Å². The van der Waals surface area contributed by atoms with Gasteiger partial charge in [0.25, 0.3) is 0 Å². The summed E-state index contributed by atoms with van der Waals surface area (Å²) in [4.78, 5) is 14.4. The highest BCUT2D eigenvalue weighted by molar-refractivity contribution is 7.98. The van der Waals surface area contributed by atoms with Crippen LogP contribution in [-0.4, -0.2) is 31.3 Å². The normalized spacial score (nSPS) is 13.3. The zero-order valence-electron chi connectivity index (χ0n) is 15.3. The maximum atomic E-state index is 12.0. The van der Waals surface area contributed by atoms with E-state index < -0.39 is 0 Å². The minimum atomic E-state index is 0.171. The fraction of sp³-hybridized carbons (Fsp3) is 0.409. The molecule has 1 aliphatic rings. The van der Waals surface area contributed by atoms with Gasteiger partial charge in [-0.3, -0.25) is 4.79 Å². The molecule has 0 aliphatic carbocycles. The fourth-order valence-corrected chi connectivity index (χ4v) is 4.26. The Morgan fingerprint density at radius 2 is 1.88 bits per heavy atom. The molecule has 0 bridgehead atoms. The number of nitrogens with one attached hydrogen (secondary N) is 1. The van der Waals surface area contributed by atoms with Crippen LogP contribution in [0.2, 0.25) is 0 Å². The second-order valence-electron chi connectivity index (χ2n) is 6.71. The molecular weight excluding hydrogens is 340 g/mol. The first-order valence-corrected chi connectivity index (χ1v) is 10.7. The Bertz CT molecular complexity index is 690. The molecule has 1 heterocycles. The molecule has 0 saturated heterocycles. The summed E-state index contributed by atoms with van der Waals surface area (Å²) in [5.74, 6) is 2.02. The van der Waals surface area contributed by atoms with E-state index in [9.17, 15) is 4.79 Å². The molecule has 0 aromatic heterocycles. The average molecular weight is 369 g/mol. The highest BCUT2D eigenvalue weighted by atomic mass is 32.2. The monoisotopic (exact) mass is 368 g/mol. The van der Waals surface area contributed by atoms with Gasteiger partial charge in [-0.1, -0.05) is 48.5 Å². The van der Waals surface area contributed by atoms with Crippen molar-refractivity contribution in [3.8, 4) is 0 Å². The van der Waals surface area contributed by atoms with Gasteiger partial charge in [-0.05, 0) is 36.5 Å². The molecule has 0 atom stereocenters. The summed E-state index contributed by atoms with van der Waals surface area (Å²) in [6.07, 6.45) is 4.01. The summed E-state index contributed by atoms with van der Waals surface area (Å²) < 4.78 is 0. The molecule has 2 aromatic rings. The molecule has 1 aliphatic heterocycles. The Hall–Kier alpha value is -1.94. The van der Waals surface area contributed by atoms with Crippen LogP contribution in [0.4, 0.5) is 5.69 Å². The van der Waals surface area contributed by atoms with Crippen LogP contribution in [0.15, 0.2) is 54.6 Å². The van der Waals surface area contributed by atoms with E-state index in [1.165, 1.54) is 29.7 Å². The van der Waals surface area contributed by atoms with Crippen molar-refractivity contribution < 1.29 is 4.79 Å². The van der Waals surface area contributed by atoms with Gasteiger partial charge in [0.05, 0.1) is 0 Å². The molecule has 138 valence electrons. The lowest BCUT2D eigenvalue weighted by molar-refractivity contribution is -0.120. The number of fused-ring (bicyclic) bond motifs is 1. The Labute approximate surface area is 161 Å². The number of benzene rings is 2. The van der Waals surface area contributed by atoms with Gasteiger partial charge in [0.2, 0.25) is 5.91 Å². The molecular formula is C22H28N2OS. The van der Waals surface area contributed by atoms with E-state index in [2.05, 4.69) is 58.7 Å². The zero-order valence-corrected chi connectivity index (χ0v) is 16.1. The van der Waals surface area contributed by atoms with E-state index >= 15 is 0 Å². The predicted octanol–water partition coefficient (Wildman–Crippen LogP) is 4.27. The molecule has 26 heavy (non-hydrogen) atoms. The largest absolute Gasteiger partial charge is 0.371 e. The molecule has 2 aromatic carbocycles. The summed E-state index contributed by atoms with van der Waals surface area (Å²) in [5.41, 5.74) is 4.15. The third kappa shape index (κ3) is 5.80.